The first-order valence-electron chi connectivity index (χ1n) is 6.25. The van der Waals surface area contributed by atoms with Gasteiger partial charge in [-0.05, 0) is 12.1 Å². The Hall–Kier alpha value is -2.21. The number of hydrogen-bond acceptors (Lipinski definition) is 4. The van der Waals surface area contributed by atoms with Crippen LogP contribution in [0.15, 0.2) is 30.7 Å². The summed E-state index contributed by atoms with van der Waals surface area (Å²) in [7, 11) is 0. The van der Waals surface area contributed by atoms with Gasteiger partial charge in [-0.25, -0.2) is 0 Å². The molecule has 19 heavy (non-hydrogen) atoms. The molecule has 3 heterocycles. The second kappa shape index (κ2) is 5.19. The maximum absolute atomic E-state index is 11.1. The molecule has 2 aromatic rings. The van der Waals surface area contributed by atoms with Crippen molar-refractivity contribution < 1.29 is 4.79 Å². The number of nitrogens with one attached hydrogen (secondary N) is 3. The molecule has 0 aliphatic carbocycles. The highest BCUT2D eigenvalue weighted by atomic mass is 16.1. The van der Waals surface area contributed by atoms with Gasteiger partial charge in [0.25, 0.3) is 0 Å². The molecule has 1 fully saturated rings. The molecular formula is C13H15N5O. The Morgan fingerprint density at radius 3 is 3.11 bits per heavy atom. The molecule has 0 aromatic carbocycles. The van der Waals surface area contributed by atoms with Crippen LogP contribution in [0.25, 0.3) is 11.3 Å². The van der Waals surface area contributed by atoms with E-state index in [9.17, 15) is 4.79 Å². The molecule has 0 radical (unpaired) electrons. The van der Waals surface area contributed by atoms with Crippen LogP contribution in [-0.4, -0.2) is 33.7 Å². The number of carbonyl (C=O) groups is 1. The van der Waals surface area contributed by atoms with Crippen molar-refractivity contribution in [2.75, 3.05) is 6.54 Å². The van der Waals surface area contributed by atoms with Gasteiger partial charge in [0, 0.05) is 49.1 Å². The minimum Gasteiger partial charge on any atom is -0.354 e. The fourth-order valence-corrected chi connectivity index (χ4v) is 2.21. The Balaban J connectivity index is 1.69. The van der Waals surface area contributed by atoms with Crippen molar-refractivity contribution in [3.05, 3.63) is 36.3 Å². The van der Waals surface area contributed by atoms with Crippen LogP contribution in [0.1, 0.15) is 12.0 Å². The highest BCUT2D eigenvalue weighted by Crippen LogP contribution is 2.19. The van der Waals surface area contributed by atoms with Crippen LogP contribution < -0.4 is 10.6 Å². The predicted octanol–water partition coefficient (Wildman–Crippen LogP) is 0.450. The zero-order valence-electron chi connectivity index (χ0n) is 10.4. The van der Waals surface area contributed by atoms with Crippen molar-refractivity contribution in [1.29, 1.82) is 0 Å². The summed E-state index contributed by atoms with van der Waals surface area (Å²) in [5.74, 6) is 0.108. The van der Waals surface area contributed by atoms with Gasteiger partial charge in [-0.1, -0.05) is 0 Å². The van der Waals surface area contributed by atoms with E-state index < -0.39 is 0 Å². The van der Waals surface area contributed by atoms with Gasteiger partial charge in [0.05, 0.1) is 11.9 Å². The maximum atomic E-state index is 11.1. The molecule has 6 heteroatoms. The summed E-state index contributed by atoms with van der Waals surface area (Å²) in [4.78, 5) is 15.2. The van der Waals surface area contributed by atoms with Gasteiger partial charge >= 0.3 is 0 Å². The molecular weight excluding hydrogens is 242 g/mol. The Morgan fingerprint density at radius 1 is 1.42 bits per heavy atom. The van der Waals surface area contributed by atoms with Crippen molar-refractivity contribution in [2.45, 2.75) is 19.0 Å². The first kappa shape index (κ1) is 11.9. The Morgan fingerprint density at radius 2 is 2.37 bits per heavy atom. The predicted molar refractivity (Wildman–Crippen MR) is 70.1 cm³/mol. The third kappa shape index (κ3) is 2.63. The summed E-state index contributed by atoms with van der Waals surface area (Å²) in [5.41, 5.74) is 3.06. The lowest BCUT2D eigenvalue weighted by molar-refractivity contribution is -0.119. The number of H-pyrrole nitrogens is 1. The Kier molecular flexibility index (Phi) is 3.24. The first-order valence-corrected chi connectivity index (χ1v) is 6.25. The van der Waals surface area contributed by atoms with Gasteiger partial charge in [0.1, 0.15) is 0 Å². The number of aromatic amines is 1. The fraction of sp³-hybridized carbons (Fsp3) is 0.308. The third-order valence-corrected chi connectivity index (χ3v) is 3.23. The molecule has 1 amide bonds. The lowest BCUT2D eigenvalue weighted by Gasteiger charge is -2.10. The minimum absolute atomic E-state index is 0.108. The lowest BCUT2D eigenvalue weighted by Crippen LogP contribution is -2.30. The van der Waals surface area contributed by atoms with Crippen molar-refractivity contribution in [1.82, 2.24) is 25.8 Å². The van der Waals surface area contributed by atoms with Gasteiger partial charge in [0.2, 0.25) is 5.91 Å². The van der Waals surface area contributed by atoms with E-state index in [0.717, 1.165) is 16.8 Å². The SMILES string of the molecule is O=C1CC(NCc2cn[nH]c2-c2cccnc2)CN1. The number of rotatable bonds is 4. The molecule has 1 aliphatic rings. The molecule has 2 aromatic heterocycles. The van der Waals surface area contributed by atoms with Gasteiger partial charge in [-0.15, -0.1) is 0 Å². The second-order valence-electron chi connectivity index (χ2n) is 4.60. The first-order chi connectivity index (χ1) is 9.33. The third-order valence-electron chi connectivity index (χ3n) is 3.23. The number of pyridine rings is 1. The zero-order valence-corrected chi connectivity index (χ0v) is 10.4. The second-order valence-corrected chi connectivity index (χ2v) is 4.60. The zero-order chi connectivity index (χ0) is 13.1. The molecule has 0 saturated carbocycles. The van der Waals surface area contributed by atoms with E-state index in [0.29, 0.717) is 19.5 Å². The van der Waals surface area contributed by atoms with Crippen LogP contribution in [0.4, 0.5) is 0 Å². The van der Waals surface area contributed by atoms with Gasteiger partial charge in [-0.3, -0.25) is 14.9 Å². The summed E-state index contributed by atoms with van der Waals surface area (Å²) in [6.45, 7) is 1.37. The fourth-order valence-electron chi connectivity index (χ4n) is 2.21. The van der Waals surface area contributed by atoms with E-state index in [1.165, 1.54) is 0 Å². The lowest BCUT2D eigenvalue weighted by atomic mass is 10.1. The quantitative estimate of drug-likeness (QED) is 0.742. The van der Waals surface area contributed by atoms with Crippen molar-refractivity contribution in [3.63, 3.8) is 0 Å². The highest BCUT2D eigenvalue weighted by molar-refractivity contribution is 5.78. The van der Waals surface area contributed by atoms with Gasteiger partial charge in [0.15, 0.2) is 0 Å². The molecule has 1 unspecified atom stereocenters. The molecule has 6 nitrogen and oxygen atoms in total. The molecule has 3 rings (SSSR count). The maximum Gasteiger partial charge on any atom is 0.221 e. The van der Waals surface area contributed by atoms with Crippen LogP contribution in [0.5, 0.6) is 0 Å². The van der Waals surface area contributed by atoms with Crippen LogP contribution in [0.3, 0.4) is 0 Å². The molecule has 1 saturated heterocycles. The van der Waals surface area contributed by atoms with E-state index >= 15 is 0 Å². The number of aromatic nitrogens is 3. The largest absolute Gasteiger partial charge is 0.354 e. The molecule has 0 bridgehead atoms. The molecule has 3 N–H and O–H groups in total. The summed E-state index contributed by atoms with van der Waals surface area (Å²) in [6.07, 6.45) is 5.89. The molecule has 0 spiro atoms. The van der Waals surface area contributed by atoms with Gasteiger partial charge in [-0.2, -0.15) is 5.10 Å². The van der Waals surface area contributed by atoms with Crippen LogP contribution in [-0.2, 0) is 11.3 Å². The molecule has 98 valence electrons. The number of amides is 1. The Labute approximate surface area is 110 Å². The van der Waals surface area contributed by atoms with Crippen molar-refractivity contribution >= 4 is 5.91 Å². The van der Waals surface area contributed by atoms with E-state index in [-0.39, 0.29) is 11.9 Å². The van der Waals surface area contributed by atoms with Crippen LogP contribution in [0.2, 0.25) is 0 Å². The van der Waals surface area contributed by atoms with Gasteiger partial charge < -0.3 is 10.6 Å². The van der Waals surface area contributed by atoms with E-state index in [4.69, 9.17) is 0 Å². The smallest absolute Gasteiger partial charge is 0.221 e. The topological polar surface area (TPSA) is 82.7 Å². The summed E-state index contributed by atoms with van der Waals surface area (Å²) < 4.78 is 0. The van der Waals surface area contributed by atoms with E-state index in [1.54, 1.807) is 18.6 Å². The van der Waals surface area contributed by atoms with E-state index in [1.807, 2.05) is 12.1 Å². The number of nitrogens with zero attached hydrogens (tertiary/aromatic N) is 2. The standard InChI is InChI=1S/C13H15N5O/c19-12-4-11(8-16-12)15-6-10-7-17-18-13(10)9-2-1-3-14-5-9/h1-3,5,7,11,15H,4,6,8H2,(H,16,19)(H,17,18). The minimum atomic E-state index is 0.108. The summed E-state index contributed by atoms with van der Waals surface area (Å²) in [5, 5.41) is 13.2. The van der Waals surface area contributed by atoms with Crippen LogP contribution >= 0.6 is 0 Å². The van der Waals surface area contributed by atoms with Crippen molar-refractivity contribution in [3.8, 4) is 11.3 Å². The molecule has 1 atom stereocenters. The highest BCUT2D eigenvalue weighted by Gasteiger charge is 2.21. The normalized spacial score (nSPS) is 18.5. The average Bonchev–Trinajstić information content (AvgIpc) is 3.06. The monoisotopic (exact) mass is 257 g/mol. The number of hydrogen-bond donors (Lipinski definition) is 3. The van der Waals surface area contributed by atoms with Crippen molar-refractivity contribution in [2.24, 2.45) is 0 Å². The summed E-state index contributed by atoms with van der Waals surface area (Å²) in [6, 6.07) is 4.08. The van der Waals surface area contributed by atoms with Crippen LogP contribution in [0, 0.1) is 0 Å². The molecule has 1 aliphatic heterocycles. The number of carbonyl (C=O) groups excluding carboxylic acids is 1. The van der Waals surface area contributed by atoms with E-state index in [2.05, 4.69) is 25.8 Å². The Bertz CT molecular complexity index is 565. The summed E-state index contributed by atoms with van der Waals surface area (Å²) >= 11 is 0. The average molecular weight is 257 g/mol.